The minimum absolute atomic E-state index is 0. The van der Waals surface area contributed by atoms with Crippen LogP contribution in [0, 0.1) is 0 Å². The number of nitrogens with one attached hydrogen (secondary N) is 2. The molecule has 0 bridgehead atoms. The molecule has 3 rings (SSSR count). The zero-order valence-electron chi connectivity index (χ0n) is 12.5. The Morgan fingerprint density at radius 1 is 1.48 bits per heavy atom. The molecule has 0 saturated carbocycles. The molecule has 2 unspecified atom stereocenters. The zero-order valence-corrected chi connectivity index (χ0v) is 13.3. The van der Waals surface area contributed by atoms with Gasteiger partial charge < -0.3 is 15.0 Å². The number of halogens is 1. The van der Waals surface area contributed by atoms with Crippen molar-refractivity contribution in [3.8, 4) is 0 Å². The third-order valence-corrected chi connectivity index (χ3v) is 4.08. The van der Waals surface area contributed by atoms with Crippen LogP contribution in [0.5, 0.6) is 0 Å². The van der Waals surface area contributed by atoms with Gasteiger partial charge in [0.1, 0.15) is 0 Å². The van der Waals surface area contributed by atoms with Crippen LogP contribution in [0.4, 0.5) is 0 Å². The van der Waals surface area contributed by atoms with E-state index in [1.807, 2.05) is 11.8 Å². The molecule has 2 atom stereocenters. The predicted molar refractivity (Wildman–Crippen MR) is 81.8 cm³/mol. The van der Waals surface area contributed by atoms with Crippen LogP contribution in [0.25, 0.3) is 0 Å². The molecule has 3 heterocycles. The van der Waals surface area contributed by atoms with Crippen LogP contribution in [0.15, 0.2) is 0 Å². The number of hydrogen-bond donors (Lipinski definition) is 2. The van der Waals surface area contributed by atoms with E-state index in [1.54, 1.807) is 0 Å². The average molecular weight is 315 g/mol. The lowest BCUT2D eigenvalue weighted by atomic mass is 10.1. The summed E-state index contributed by atoms with van der Waals surface area (Å²) in [6, 6.07) is 0. The van der Waals surface area contributed by atoms with Gasteiger partial charge >= 0.3 is 0 Å². The molecule has 2 aliphatic rings. The summed E-state index contributed by atoms with van der Waals surface area (Å²) in [4.78, 5) is 14.6. The molecule has 1 amide bonds. The van der Waals surface area contributed by atoms with Crippen LogP contribution < -0.4 is 5.32 Å². The van der Waals surface area contributed by atoms with E-state index in [9.17, 15) is 4.79 Å². The Balaban J connectivity index is 0.00000161. The number of ether oxygens (including phenoxy) is 1. The normalized spacial score (nSPS) is 25.1. The standard InChI is InChI=1S/C14H22N4O2.ClH/c1-3-10-8-18(7-9(2)20-10)14(19)13-11-6-15-5-4-12(11)16-17-13;/h9-10,15H,3-8H2,1-2H3,(H,16,17);1H. The molecule has 0 aliphatic carbocycles. The highest BCUT2D eigenvalue weighted by Gasteiger charge is 2.31. The Labute approximate surface area is 131 Å². The topological polar surface area (TPSA) is 70.2 Å². The van der Waals surface area contributed by atoms with Crippen LogP contribution in [-0.4, -0.2) is 52.8 Å². The number of fused-ring (bicyclic) bond motifs is 1. The Kier molecular flexibility index (Phi) is 5.24. The van der Waals surface area contributed by atoms with Crippen LogP contribution >= 0.6 is 12.4 Å². The molecular formula is C14H23ClN4O2. The van der Waals surface area contributed by atoms with Crippen molar-refractivity contribution in [1.29, 1.82) is 0 Å². The van der Waals surface area contributed by atoms with Gasteiger partial charge in [-0.25, -0.2) is 0 Å². The number of aromatic amines is 1. The van der Waals surface area contributed by atoms with Crippen LogP contribution in [-0.2, 0) is 17.7 Å². The smallest absolute Gasteiger partial charge is 0.274 e. The summed E-state index contributed by atoms with van der Waals surface area (Å²) in [6.45, 7) is 7.08. The minimum Gasteiger partial charge on any atom is -0.372 e. The van der Waals surface area contributed by atoms with Gasteiger partial charge in [0, 0.05) is 43.9 Å². The maximum Gasteiger partial charge on any atom is 0.274 e. The van der Waals surface area contributed by atoms with Gasteiger partial charge in [0.2, 0.25) is 0 Å². The average Bonchev–Trinajstić information content (AvgIpc) is 2.89. The second kappa shape index (κ2) is 6.77. The maximum atomic E-state index is 12.7. The van der Waals surface area contributed by atoms with Crippen LogP contribution in [0.3, 0.4) is 0 Å². The van der Waals surface area contributed by atoms with Crippen LogP contribution in [0.2, 0.25) is 0 Å². The summed E-state index contributed by atoms with van der Waals surface area (Å²) in [5.41, 5.74) is 2.71. The molecule has 0 radical (unpaired) electrons. The third-order valence-electron chi connectivity index (χ3n) is 4.08. The number of hydrogen-bond acceptors (Lipinski definition) is 4. The number of morpholine rings is 1. The van der Waals surface area contributed by atoms with E-state index in [-0.39, 0.29) is 30.5 Å². The molecule has 1 aromatic heterocycles. The van der Waals surface area contributed by atoms with Gasteiger partial charge in [0.05, 0.1) is 12.2 Å². The largest absolute Gasteiger partial charge is 0.372 e. The van der Waals surface area contributed by atoms with Crippen molar-refractivity contribution in [2.24, 2.45) is 0 Å². The second-order valence-electron chi connectivity index (χ2n) is 5.64. The summed E-state index contributed by atoms with van der Waals surface area (Å²) in [5, 5.41) is 10.6. The first-order valence-electron chi connectivity index (χ1n) is 7.40. The van der Waals surface area contributed by atoms with Gasteiger partial charge in [-0.2, -0.15) is 5.10 Å². The summed E-state index contributed by atoms with van der Waals surface area (Å²) in [5.74, 6) is 0.0276. The highest BCUT2D eigenvalue weighted by atomic mass is 35.5. The fraction of sp³-hybridized carbons (Fsp3) is 0.714. The molecule has 118 valence electrons. The molecule has 0 spiro atoms. The lowest BCUT2D eigenvalue weighted by Gasteiger charge is -2.36. The van der Waals surface area contributed by atoms with Crippen molar-refractivity contribution < 1.29 is 9.53 Å². The fourth-order valence-electron chi connectivity index (χ4n) is 2.99. The molecule has 1 fully saturated rings. The summed E-state index contributed by atoms with van der Waals surface area (Å²) >= 11 is 0. The van der Waals surface area contributed by atoms with E-state index >= 15 is 0 Å². The third kappa shape index (κ3) is 3.22. The summed E-state index contributed by atoms with van der Waals surface area (Å²) in [6.07, 6.45) is 2.06. The quantitative estimate of drug-likeness (QED) is 0.858. The molecule has 7 heteroatoms. The van der Waals surface area contributed by atoms with E-state index < -0.39 is 0 Å². The Morgan fingerprint density at radius 3 is 3.05 bits per heavy atom. The molecule has 1 saturated heterocycles. The van der Waals surface area contributed by atoms with Crippen molar-refractivity contribution in [2.45, 2.75) is 45.4 Å². The number of carbonyl (C=O) groups excluding carboxylic acids is 1. The Morgan fingerprint density at radius 2 is 2.29 bits per heavy atom. The first-order valence-corrected chi connectivity index (χ1v) is 7.40. The first kappa shape index (κ1) is 16.3. The highest BCUT2D eigenvalue weighted by molar-refractivity contribution is 5.94. The monoisotopic (exact) mass is 314 g/mol. The van der Waals surface area contributed by atoms with Crippen molar-refractivity contribution in [3.05, 3.63) is 17.0 Å². The van der Waals surface area contributed by atoms with E-state index in [1.165, 1.54) is 0 Å². The number of amides is 1. The number of rotatable bonds is 2. The molecule has 6 nitrogen and oxygen atoms in total. The lowest BCUT2D eigenvalue weighted by Crippen LogP contribution is -2.49. The first-order chi connectivity index (χ1) is 9.69. The van der Waals surface area contributed by atoms with Crippen molar-refractivity contribution in [1.82, 2.24) is 20.4 Å². The Hall–Kier alpha value is -1.11. The van der Waals surface area contributed by atoms with Gasteiger partial charge in [0.15, 0.2) is 5.69 Å². The van der Waals surface area contributed by atoms with Crippen LogP contribution in [0.1, 0.15) is 42.0 Å². The van der Waals surface area contributed by atoms with E-state index in [0.29, 0.717) is 18.8 Å². The maximum absolute atomic E-state index is 12.7. The molecule has 21 heavy (non-hydrogen) atoms. The van der Waals surface area contributed by atoms with E-state index in [2.05, 4.69) is 22.4 Å². The molecular weight excluding hydrogens is 292 g/mol. The SMILES string of the molecule is CCC1CN(C(=O)c2n[nH]c3c2CNCC3)CC(C)O1.Cl. The highest BCUT2D eigenvalue weighted by Crippen LogP contribution is 2.20. The second-order valence-corrected chi connectivity index (χ2v) is 5.64. The zero-order chi connectivity index (χ0) is 14.1. The number of H-pyrrole nitrogens is 1. The van der Waals surface area contributed by atoms with E-state index in [4.69, 9.17) is 4.74 Å². The van der Waals surface area contributed by atoms with Crippen molar-refractivity contribution in [3.63, 3.8) is 0 Å². The van der Waals surface area contributed by atoms with Gasteiger partial charge in [0.25, 0.3) is 5.91 Å². The van der Waals surface area contributed by atoms with Gasteiger partial charge in [-0.3, -0.25) is 9.89 Å². The van der Waals surface area contributed by atoms with Crippen molar-refractivity contribution in [2.75, 3.05) is 19.6 Å². The fourth-order valence-corrected chi connectivity index (χ4v) is 2.99. The number of carbonyl (C=O) groups is 1. The molecule has 2 aliphatic heterocycles. The van der Waals surface area contributed by atoms with E-state index in [0.717, 1.165) is 37.2 Å². The summed E-state index contributed by atoms with van der Waals surface area (Å²) < 4.78 is 5.81. The number of nitrogens with zero attached hydrogens (tertiary/aromatic N) is 2. The molecule has 2 N–H and O–H groups in total. The van der Waals surface area contributed by atoms with Crippen molar-refractivity contribution >= 4 is 18.3 Å². The number of aromatic nitrogens is 2. The lowest BCUT2D eigenvalue weighted by molar-refractivity contribution is -0.0682. The Bertz CT molecular complexity index is 505. The molecule has 0 aromatic carbocycles. The predicted octanol–water partition coefficient (Wildman–Crippen LogP) is 1.12. The van der Waals surface area contributed by atoms with Gasteiger partial charge in [-0.05, 0) is 13.3 Å². The van der Waals surface area contributed by atoms with Gasteiger partial charge in [-0.1, -0.05) is 6.92 Å². The van der Waals surface area contributed by atoms with Gasteiger partial charge in [-0.15, -0.1) is 12.4 Å². The minimum atomic E-state index is 0. The summed E-state index contributed by atoms with van der Waals surface area (Å²) in [7, 11) is 0. The molecule has 1 aromatic rings.